The summed E-state index contributed by atoms with van der Waals surface area (Å²) in [7, 11) is 1.54. The lowest BCUT2D eigenvalue weighted by molar-refractivity contribution is 0.0996. The van der Waals surface area contributed by atoms with E-state index < -0.39 is 5.91 Å². The van der Waals surface area contributed by atoms with Crippen LogP contribution in [-0.4, -0.2) is 38.6 Å². The number of nitrogens with zero attached hydrogens (tertiary/aromatic N) is 6. The van der Waals surface area contributed by atoms with Gasteiger partial charge in [-0.3, -0.25) is 19.0 Å². The van der Waals surface area contributed by atoms with Crippen molar-refractivity contribution in [2.24, 2.45) is 4.99 Å². The molecule has 0 aromatic carbocycles. The highest BCUT2D eigenvalue weighted by Crippen LogP contribution is 2.13. The van der Waals surface area contributed by atoms with Crippen LogP contribution in [0.1, 0.15) is 21.5 Å². The van der Waals surface area contributed by atoms with Crippen LogP contribution in [0, 0.1) is 18.3 Å². The van der Waals surface area contributed by atoms with Gasteiger partial charge in [0.15, 0.2) is 5.49 Å². The normalized spacial score (nSPS) is 11.7. The molecule has 0 fully saturated rings. The van der Waals surface area contributed by atoms with Crippen molar-refractivity contribution in [3.8, 4) is 6.07 Å². The van der Waals surface area contributed by atoms with E-state index in [1.54, 1.807) is 35.2 Å². The molecule has 31 heavy (non-hydrogen) atoms. The molecule has 0 bridgehead atoms. The smallest absolute Gasteiger partial charge is 0.280 e. The summed E-state index contributed by atoms with van der Waals surface area (Å²) in [5, 5.41) is 10.0. The van der Waals surface area contributed by atoms with Gasteiger partial charge in [0.25, 0.3) is 11.5 Å². The van der Waals surface area contributed by atoms with E-state index in [1.807, 2.05) is 19.1 Å². The van der Waals surface area contributed by atoms with Crippen molar-refractivity contribution in [3.63, 3.8) is 0 Å². The first-order valence-corrected chi connectivity index (χ1v) is 9.49. The first-order valence-electron chi connectivity index (χ1n) is 9.49. The van der Waals surface area contributed by atoms with Gasteiger partial charge < -0.3 is 9.30 Å². The Bertz CT molecular complexity index is 1480. The molecule has 0 radical (unpaired) electrons. The quantitative estimate of drug-likeness (QED) is 0.469. The van der Waals surface area contributed by atoms with Crippen LogP contribution < -0.4 is 11.0 Å². The van der Waals surface area contributed by atoms with Crippen LogP contribution in [0.5, 0.6) is 0 Å². The first-order chi connectivity index (χ1) is 15.0. The highest BCUT2D eigenvalue weighted by atomic mass is 16.5. The maximum absolute atomic E-state index is 13.2. The fraction of sp³-hybridized carbons (Fsp3) is 0.182. The van der Waals surface area contributed by atoms with Crippen LogP contribution in [0.2, 0.25) is 0 Å². The molecule has 4 aromatic rings. The van der Waals surface area contributed by atoms with Crippen LogP contribution in [0.15, 0.2) is 58.7 Å². The number of fused-ring (bicyclic) bond motifs is 2. The number of rotatable bonds is 4. The number of aryl methyl sites for hydroxylation is 1. The molecule has 0 saturated heterocycles. The highest BCUT2D eigenvalue weighted by molar-refractivity contribution is 5.94. The summed E-state index contributed by atoms with van der Waals surface area (Å²) in [6, 6.07) is 10.3. The van der Waals surface area contributed by atoms with E-state index in [-0.39, 0.29) is 40.7 Å². The summed E-state index contributed by atoms with van der Waals surface area (Å²) in [6.45, 7) is 2.37. The van der Waals surface area contributed by atoms with Gasteiger partial charge in [0, 0.05) is 32.2 Å². The van der Waals surface area contributed by atoms with Gasteiger partial charge in [0.2, 0.25) is 0 Å². The molecule has 9 heteroatoms. The third kappa shape index (κ3) is 3.60. The van der Waals surface area contributed by atoms with Gasteiger partial charge >= 0.3 is 0 Å². The van der Waals surface area contributed by atoms with E-state index in [9.17, 15) is 14.9 Å². The number of nitriles is 1. The number of methoxy groups -OCH3 is 1. The monoisotopic (exact) mass is 414 g/mol. The fourth-order valence-corrected chi connectivity index (χ4v) is 3.33. The molecule has 0 N–H and O–H groups in total. The van der Waals surface area contributed by atoms with Gasteiger partial charge in [-0.1, -0.05) is 6.07 Å². The number of pyridine rings is 3. The zero-order valence-electron chi connectivity index (χ0n) is 16.9. The third-order valence-corrected chi connectivity index (χ3v) is 4.86. The number of aromatic nitrogens is 4. The molecule has 0 aliphatic carbocycles. The van der Waals surface area contributed by atoms with Crippen LogP contribution in [0.3, 0.4) is 0 Å². The lowest BCUT2D eigenvalue weighted by atomic mass is 10.2. The SMILES string of the molecule is COCCn1c(=NC(=O)c2cccnc2)c(C#N)cc2c(=O)n3cccc(C)c3nc21. The first kappa shape index (κ1) is 20.1. The van der Waals surface area contributed by atoms with Gasteiger partial charge in [0.05, 0.1) is 23.1 Å². The molecule has 0 aliphatic rings. The van der Waals surface area contributed by atoms with Crippen LogP contribution in [-0.2, 0) is 11.3 Å². The van der Waals surface area contributed by atoms with Gasteiger partial charge in [-0.2, -0.15) is 10.3 Å². The Morgan fingerprint density at radius 3 is 2.84 bits per heavy atom. The maximum Gasteiger partial charge on any atom is 0.280 e. The Morgan fingerprint density at radius 1 is 1.29 bits per heavy atom. The Balaban J connectivity index is 2.12. The Hall–Kier alpha value is -4.16. The second kappa shape index (κ2) is 8.30. The van der Waals surface area contributed by atoms with Crippen molar-refractivity contribution < 1.29 is 9.53 Å². The van der Waals surface area contributed by atoms with Crippen molar-refractivity contribution in [2.75, 3.05) is 13.7 Å². The molecule has 4 heterocycles. The van der Waals surface area contributed by atoms with Crippen molar-refractivity contribution in [2.45, 2.75) is 13.5 Å². The summed E-state index contributed by atoms with van der Waals surface area (Å²) < 4.78 is 8.23. The molecular formula is C22H18N6O3. The average molecular weight is 414 g/mol. The predicted molar refractivity (Wildman–Crippen MR) is 112 cm³/mol. The van der Waals surface area contributed by atoms with Crippen molar-refractivity contribution in [1.29, 1.82) is 5.26 Å². The number of amides is 1. The molecule has 9 nitrogen and oxygen atoms in total. The van der Waals surface area contributed by atoms with Gasteiger partial charge in [-0.15, -0.1) is 0 Å². The molecular weight excluding hydrogens is 396 g/mol. The lowest BCUT2D eigenvalue weighted by Gasteiger charge is -2.13. The third-order valence-electron chi connectivity index (χ3n) is 4.86. The largest absolute Gasteiger partial charge is 0.383 e. The molecule has 0 aliphatic heterocycles. The molecule has 0 unspecified atom stereocenters. The molecule has 0 spiro atoms. The number of carbonyl (C=O) groups excluding carboxylic acids is 1. The maximum atomic E-state index is 13.2. The molecule has 1 amide bonds. The minimum Gasteiger partial charge on any atom is -0.383 e. The van der Waals surface area contributed by atoms with Gasteiger partial charge in [-0.05, 0) is 36.8 Å². The van der Waals surface area contributed by atoms with E-state index >= 15 is 0 Å². The summed E-state index contributed by atoms with van der Waals surface area (Å²) in [6.07, 6.45) is 4.59. The number of hydrogen-bond donors (Lipinski definition) is 0. The van der Waals surface area contributed by atoms with Gasteiger partial charge in [0.1, 0.15) is 17.4 Å². The summed E-state index contributed by atoms with van der Waals surface area (Å²) in [4.78, 5) is 38.7. The van der Waals surface area contributed by atoms with Gasteiger partial charge in [-0.25, -0.2) is 4.98 Å². The second-order valence-electron chi connectivity index (χ2n) is 6.84. The van der Waals surface area contributed by atoms with Crippen molar-refractivity contribution in [3.05, 3.63) is 81.5 Å². The molecule has 0 atom stereocenters. The minimum absolute atomic E-state index is 0.0901. The second-order valence-corrected chi connectivity index (χ2v) is 6.84. The molecule has 4 aromatic heterocycles. The van der Waals surface area contributed by atoms with E-state index in [0.717, 1.165) is 5.56 Å². The van der Waals surface area contributed by atoms with Crippen molar-refractivity contribution in [1.82, 2.24) is 18.9 Å². The zero-order chi connectivity index (χ0) is 22.0. The standard InChI is InChI=1S/C22H18N6O3/c1-14-5-4-8-28-18(14)25-20-17(22(28)30)11-16(12-23)19(27(20)9-10-31-2)26-21(29)15-6-3-7-24-13-15/h3-8,11,13H,9-10H2,1-2H3. The van der Waals surface area contributed by atoms with E-state index in [1.165, 1.54) is 23.8 Å². The van der Waals surface area contributed by atoms with E-state index in [0.29, 0.717) is 11.3 Å². The lowest BCUT2D eigenvalue weighted by Crippen LogP contribution is -2.30. The summed E-state index contributed by atoms with van der Waals surface area (Å²) in [5.41, 5.74) is 1.81. The topological polar surface area (TPSA) is 115 Å². The minimum atomic E-state index is -0.552. The summed E-state index contributed by atoms with van der Waals surface area (Å²) >= 11 is 0. The Morgan fingerprint density at radius 2 is 2.13 bits per heavy atom. The zero-order valence-corrected chi connectivity index (χ0v) is 16.9. The Labute approximate surface area is 176 Å². The van der Waals surface area contributed by atoms with Crippen LogP contribution in [0.4, 0.5) is 0 Å². The van der Waals surface area contributed by atoms with Crippen molar-refractivity contribution >= 4 is 22.6 Å². The number of hydrogen-bond acceptors (Lipinski definition) is 6. The number of carbonyl (C=O) groups is 1. The van der Waals surface area contributed by atoms with Crippen LogP contribution >= 0.6 is 0 Å². The highest BCUT2D eigenvalue weighted by Gasteiger charge is 2.16. The van der Waals surface area contributed by atoms with E-state index in [2.05, 4.69) is 15.0 Å². The molecule has 4 rings (SSSR count). The summed E-state index contributed by atoms with van der Waals surface area (Å²) in [5.74, 6) is -0.552. The fourth-order valence-electron chi connectivity index (χ4n) is 3.33. The molecule has 0 saturated carbocycles. The Kier molecular flexibility index (Phi) is 5.39. The molecule has 154 valence electrons. The van der Waals surface area contributed by atoms with Crippen LogP contribution in [0.25, 0.3) is 16.7 Å². The van der Waals surface area contributed by atoms with E-state index in [4.69, 9.17) is 4.74 Å². The predicted octanol–water partition coefficient (Wildman–Crippen LogP) is 1.61. The average Bonchev–Trinajstić information content (AvgIpc) is 2.79. The number of ether oxygens (including phenoxy) is 1.